The Morgan fingerprint density at radius 1 is 1.56 bits per heavy atom. The summed E-state index contributed by atoms with van der Waals surface area (Å²) in [6.07, 6.45) is 0. The van der Waals surface area contributed by atoms with E-state index in [2.05, 4.69) is 32.9 Å². The summed E-state index contributed by atoms with van der Waals surface area (Å²) in [4.78, 5) is 14.7. The number of carbonyl (C=O) groups is 1. The van der Waals surface area contributed by atoms with Crippen LogP contribution in [0.1, 0.15) is 15.5 Å². The molecular formula is C11H8ClIN2O2S. The Hall–Kier alpha value is -0.860. The highest BCUT2D eigenvalue weighted by Gasteiger charge is 2.09. The molecule has 2 N–H and O–H groups in total. The first-order chi connectivity index (χ1) is 8.56. The van der Waals surface area contributed by atoms with E-state index >= 15 is 0 Å². The van der Waals surface area contributed by atoms with Crippen molar-refractivity contribution < 1.29 is 9.90 Å². The molecule has 0 aliphatic heterocycles. The first kappa shape index (κ1) is 13.6. The molecule has 18 heavy (non-hydrogen) atoms. The second-order valence-electron chi connectivity index (χ2n) is 3.43. The number of aromatic nitrogens is 1. The molecule has 0 fully saturated rings. The molecule has 0 bridgehead atoms. The fourth-order valence-electron chi connectivity index (χ4n) is 1.31. The zero-order chi connectivity index (χ0) is 13.1. The van der Waals surface area contributed by atoms with Crippen LogP contribution in [0.4, 0.5) is 5.69 Å². The first-order valence-electron chi connectivity index (χ1n) is 4.93. The highest BCUT2D eigenvalue weighted by atomic mass is 127. The maximum Gasteiger partial charge on any atom is 0.365 e. The standard InChI is InChI=1S/C11H8ClIN2O2S/c12-8-3-6(13)1-2-9(8)14-4-7-5-18-10(15-7)11(16)17/h1-3,5,14H,4H2,(H,16,17). The van der Waals surface area contributed by atoms with Crippen molar-refractivity contribution in [3.05, 3.63) is 42.9 Å². The van der Waals surface area contributed by atoms with Gasteiger partial charge in [-0.25, -0.2) is 9.78 Å². The molecule has 0 atom stereocenters. The second-order valence-corrected chi connectivity index (χ2v) is 5.94. The number of halogens is 2. The van der Waals surface area contributed by atoms with Crippen molar-refractivity contribution >= 4 is 57.2 Å². The Kier molecular flexibility index (Phi) is 4.41. The van der Waals surface area contributed by atoms with Crippen LogP contribution in [0.5, 0.6) is 0 Å². The van der Waals surface area contributed by atoms with Gasteiger partial charge in [-0.1, -0.05) is 11.6 Å². The molecule has 0 amide bonds. The van der Waals surface area contributed by atoms with Crippen LogP contribution in [0, 0.1) is 3.57 Å². The van der Waals surface area contributed by atoms with Crippen molar-refractivity contribution in [3.8, 4) is 0 Å². The number of anilines is 1. The van der Waals surface area contributed by atoms with Gasteiger partial charge in [-0.15, -0.1) is 11.3 Å². The fourth-order valence-corrected chi connectivity index (χ4v) is 2.88. The van der Waals surface area contributed by atoms with E-state index < -0.39 is 5.97 Å². The van der Waals surface area contributed by atoms with E-state index in [0.717, 1.165) is 20.6 Å². The number of rotatable bonds is 4. The van der Waals surface area contributed by atoms with Crippen LogP contribution in [-0.2, 0) is 6.54 Å². The average Bonchev–Trinajstić information content (AvgIpc) is 2.76. The van der Waals surface area contributed by atoms with Gasteiger partial charge in [0.1, 0.15) is 0 Å². The molecule has 0 aliphatic carbocycles. The van der Waals surface area contributed by atoms with E-state index in [1.807, 2.05) is 18.2 Å². The minimum Gasteiger partial charge on any atom is -0.476 e. The lowest BCUT2D eigenvalue weighted by Gasteiger charge is -2.06. The predicted molar refractivity (Wildman–Crippen MR) is 80.6 cm³/mol. The third kappa shape index (κ3) is 3.33. The maximum absolute atomic E-state index is 10.7. The van der Waals surface area contributed by atoms with Crippen molar-refractivity contribution in [2.75, 3.05) is 5.32 Å². The van der Waals surface area contributed by atoms with Crippen molar-refractivity contribution in [2.24, 2.45) is 0 Å². The molecule has 2 rings (SSSR count). The minimum absolute atomic E-state index is 0.0977. The van der Waals surface area contributed by atoms with Gasteiger partial charge < -0.3 is 10.4 Å². The van der Waals surface area contributed by atoms with Gasteiger partial charge in [-0.3, -0.25) is 0 Å². The van der Waals surface area contributed by atoms with E-state index in [1.165, 1.54) is 0 Å². The lowest BCUT2D eigenvalue weighted by molar-refractivity contribution is 0.0696. The maximum atomic E-state index is 10.7. The molecule has 0 aliphatic rings. The summed E-state index contributed by atoms with van der Waals surface area (Å²) in [5, 5.41) is 14.3. The monoisotopic (exact) mass is 394 g/mol. The van der Waals surface area contributed by atoms with Gasteiger partial charge in [-0.2, -0.15) is 0 Å². The van der Waals surface area contributed by atoms with Gasteiger partial charge in [0.25, 0.3) is 0 Å². The third-order valence-electron chi connectivity index (χ3n) is 2.13. The van der Waals surface area contributed by atoms with Crippen molar-refractivity contribution in [3.63, 3.8) is 0 Å². The topological polar surface area (TPSA) is 62.2 Å². The van der Waals surface area contributed by atoms with Crippen molar-refractivity contribution in [1.29, 1.82) is 0 Å². The summed E-state index contributed by atoms with van der Waals surface area (Å²) < 4.78 is 1.06. The molecule has 2 aromatic rings. The molecule has 7 heteroatoms. The molecule has 0 spiro atoms. The summed E-state index contributed by atoms with van der Waals surface area (Å²) in [5.41, 5.74) is 1.49. The molecule has 1 heterocycles. The number of hydrogen-bond acceptors (Lipinski definition) is 4. The number of hydrogen-bond donors (Lipinski definition) is 2. The molecule has 1 aromatic carbocycles. The lowest BCUT2D eigenvalue weighted by atomic mass is 10.3. The van der Waals surface area contributed by atoms with Gasteiger partial charge >= 0.3 is 5.97 Å². The normalized spacial score (nSPS) is 10.3. The molecule has 0 unspecified atom stereocenters. The Morgan fingerprint density at radius 3 is 2.94 bits per heavy atom. The van der Waals surface area contributed by atoms with Gasteiger partial charge in [-0.05, 0) is 40.8 Å². The smallest absolute Gasteiger partial charge is 0.365 e. The summed E-state index contributed by atoms with van der Waals surface area (Å²) in [6, 6.07) is 5.68. The van der Waals surface area contributed by atoms with Crippen LogP contribution in [-0.4, -0.2) is 16.1 Å². The van der Waals surface area contributed by atoms with E-state index in [0.29, 0.717) is 17.3 Å². The quantitative estimate of drug-likeness (QED) is 0.776. The molecule has 0 radical (unpaired) electrons. The molecule has 4 nitrogen and oxygen atoms in total. The molecule has 1 aromatic heterocycles. The number of thiazole rings is 1. The van der Waals surface area contributed by atoms with Crippen LogP contribution < -0.4 is 5.32 Å². The SMILES string of the molecule is O=C(O)c1nc(CNc2ccc(I)cc2Cl)cs1. The Balaban J connectivity index is 2.04. The number of carboxylic acids is 1. The van der Waals surface area contributed by atoms with Crippen molar-refractivity contribution in [1.82, 2.24) is 4.98 Å². The Morgan fingerprint density at radius 2 is 2.33 bits per heavy atom. The minimum atomic E-state index is -1.00. The third-order valence-corrected chi connectivity index (χ3v) is 3.99. The van der Waals surface area contributed by atoms with E-state index in [1.54, 1.807) is 5.38 Å². The summed E-state index contributed by atoms with van der Waals surface area (Å²) in [6.45, 7) is 0.449. The molecule has 0 saturated heterocycles. The summed E-state index contributed by atoms with van der Waals surface area (Å²) in [7, 11) is 0. The van der Waals surface area contributed by atoms with Crippen LogP contribution in [0.2, 0.25) is 5.02 Å². The van der Waals surface area contributed by atoms with Gasteiger partial charge in [0.15, 0.2) is 0 Å². The average molecular weight is 395 g/mol. The molecule has 94 valence electrons. The van der Waals surface area contributed by atoms with Crippen LogP contribution in [0.3, 0.4) is 0 Å². The van der Waals surface area contributed by atoms with Crippen LogP contribution in [0.15, 0.2) is 23.6 Å². The fraction of sp³-hybridized carbons (Fsp3) is 0.0909. The Labute approximate surface area is 126 Å². The zero-order valence-corrected chi connectivity index (χ0v) is 12.7. The van der Waals surface area contributed by atoms with E-state index in [4.69, 9.17) is 16.7 Å². The summed E-state index contributed by atoms with van der Waals surface area (Å²) >= 11 is 9.37. The van der Waals surface area contributed by atoms with Gasteiger partial charge in [0, 0.05) is 8.95 Å². The highest BCUT2D eigenvalue weighted by Crippen LogP contribution is 2.24. The zero-order valence-electron chi connectivity index (χ0n) is 8.98. The first-order valence-corrected chi connectivity index (χ1v) is 7.26. The predicted octanol–water partition coefficient (Wildman–Crippen LogP) is 3.71. The van der Waals surface area contributed by atoms with Gasteiger partial charge in [0.2, 0.25) is 5.01 Å². The molecule has 0 saturated carbocycles. The second kappa shape index (κ2) is 5.85. The molecular weight excluding hydrogens is 387 g/mol. The number of benzene rings is 1. The number of nitrogens with zero attached hydrogens (tertiary/aromatic N) is 1. The van der Waals surface area contributed by atoms with Crippen molar-refractivity contribution in [2.45, 2.75) is 6.54 Å². The van der Waals surface area contributed by atoms with Crippen LogP contribution in [0.25, 0.3) is 0 Å². The largest absolute Gasteiger partial charge is 0.476 e. The highest BCUT2D eigenvalue weighted by molar-refractivity contribution is 14.1. The van der Waals surface area contributed by atoms with E-state index in [-0.39, 0.29) is 5.01 Å². The van der Waals surface area contributed by atoms with Crippen LogP contribution >= 0.6 is 45.5 Å². The number of aromatic carboxylic acids is 1. The summed E-state index contributed by atoms with van der Waals surface area (Å²) in [5.74, 6) is -1.00. The Bertz CT molecular complexity index is 588. The van der Waals surface area contributed by atoms with Gasteiger partial charge in [0.05, 0.1) is 22.9 Å². The van der Waals surface area contributed by atoms with E-state index in [9.17, 15) is 4.79 Å². The lowest BCUT2D eigenvalue weighted by Crippen LogP contribution is -2.02. The number of nitrogens with one attached hydrogen (secondary N) is 1. The number of carboxylic acid groups (broad SMARTS) is 1.